The van der Waals surface area contributed by atoms with Crippen LogP contribution in [-0.2, 0) is 5.41 Å². The lowest BCUT2D eigenvalue weighted by molar-refractivity contribution is 0.536. The van der Waals surface area contributed by atoms with Crippen LogP contribution in [0.5, 0.6) is 0 Å². The van der Waals surface area contributed by atoms with Gasteiger partial charge < -0.3 is 0 Å². The van der Waals surface area contributed by atoms with E-state index in [4.69, 9.17) is 0 Å². The minimum Gasteiger partial charge on any atom is -0.197 e. The first-order chi connectivity index (χ1) is 13.2. The molecule has 0 heterocycles. The zero-order valence-corrected chi connectivity index (χ0v) is 15.1. The average Bonchev–Trinajstić information content (AvgIpc) is 3.09. The highest BCUT2D eigenvalue weighted by atomic mass is 14.6. The Hall–Kier alpha value is -3.36. The van der Waals surface area contributed by atoms with Crippen LogP contribution in [0.1, 0.15) is 36.0 Å². The van der Waals surface area contributed by atoms with Crippen molar-refractivity contribution in [1.82, 2.24) is 0 Å². The zero-order valence-electron chi connectivity index (χ0n) is 15.1. The summed E-state index contributed by atoms with van der Waals surface area (Å²) in [6, 6.07) is 23.5. The first kappa shape index (κ1) is 15.9. The molecule has 27 heavy (non-hydrogen) atoms. The van der Waals surface area contributed by atoms with E-state index in [-0.39, 0.29) is 11.8 Å². The van der Waals surface area contributed by atoms with Gasteiger partial charge >= 0.3 is 0 Å². The standard InChI is InChI=1S/C25H18N2/c1-16-11-12-19-21(14-26)18-9-5-6-10-22(18)25(15-27)23(13-20(16)24(19)25)17-7-3-2-4-8-17/h2-12,16,23H,13H2,1H3/t16-,23+,25-/m1/s1. The summed E-state index contributed by atoms with van der Waals surface area (Å²) >= 11 is 0. The van der Waals surface area contributed by atoms with Gasteiger partial charge in [-0.05, 0) is 40.2 Å². The van der Waals surface area contributed by atoms with Crippen LogP contribution in [0.4, 0.5) is 0 Å². The van der Waals surface area contributed by atoms with E-state index in [9.17, 15) is 10.5 Å². The summed E-state index contributed by atoms with van der Waals surface area (Å²) in [4.78, 5) is 0. The van der Waals surface area contributed by atoms with Crippen LogP contribution in [-0.4, -0.2) is 0 Å². The summed E-state index contributed by atoms with van der Waals surface area (Å²) in [7, 11) is 0. The zero-order chi connectivity index (χ0) is 18.6. The van der Waals surface area contributed by atoms with Gasteiger partial charge in [-0.1, -0.05) is 79.2 Å². The summed E-state index contributed by atoms with van der Waals surface area (Å²) < 4.78 is 0. The summed E-state index contributed by atoms with van der Waals surface area (Å²) in [6.45, 7) is 2.19. The Morgan fingerprint density at radius 1 is 1.00 bits per heavy atom. The van der Waals surface area contributed by atoms with E-state index < -0.39 is 5.41 Å². The molecular weight excluding hydrogens is 328 g/mol. The number of fused-ring (bicyclic) bond motifs is 2. The summed E-state index contributed by atoms with van der Waals surface area (Å²) in [6.07, 6.45) is 5.10. The maximum atomic E-state index is 10.6. The largest absolute Gasteiger partial charge is 0.197 e. The van der Waals surface area contributed by atoms with Crippen LogP contribution in [0.3, 0.4) is 0 Å². The minimum absolute atomic E-state index is 0.0624. The van der Waals surface area contributed by atoms with Crippen LogP contribution < -0.4 is 0 Å². The smallest absolute Gasteiger partial charge is 0.115 e. The third-order valence-electron chi connectivity index (χ3n) is 6.41. The summed E-state index contributed by atoms with van der Waals surface area (Å²) in [5.74, 6) is 0.350. The van der Waals surface area contributed by atoms with E-state index in [2.05, 4.69) is 43.3 Å². The van der Waals surface area contributed by atoms with Crippen molar-refractivity contribution >= 4 is 5.57 Å². The van der Waals surface area contributed by atoms with Crippen molar-refractivity contribution in [1.29, 1.82) is 10.5 Å². The SMILES string of the molecule is C[C@@H]1C=CC2=C(C#N)c3ccccc3[C@@]3(C#N)C2=C1C[C@H]3c1ccccc1. The third-order valence-corrected chi connectivity index (χ3v) is 6.41. The predicted molar refractivity (Wildman–Crippen MR) is 105 cm³/mol. The van der Waals surface area contributed by atoms with Crippen molar-refractivity contribution in [2.24, 2.45) is 5.92 Å². The van der Waals surface area contributed by atoms with E-state index in [1.165, 1.54) is 11.1 Å². The van der Waals surface area contributed by atoms with Gasteiger partial charge in [-0.2, -0.15) is 10.5 Å². The monoisotopic (exact) mass is 346 g/mol. The summed E-state index contributed by atoms with van der Waals surface area (Å²) in [5, 5.41) is 20.5. The second-order valence-corrected chi connectivity index (χ2v) is 7.58. The van der Waals surface area contributed by atoms with E-state index in [0.717, 1.165) is 28.7 Å². The minimum atomic E-state index is -0.734. The van der Waals surface area contributed by atoms with Gasteiger partial charge in [0.2, 0.25) is 0 Å². The summed E-state index contributed by atoms with van der Waals surface area (Å²) in [5.41, 5.74) is 6.38. The number of rotatable bonds is 1. The molecule has 0 aromatic heterocycles. The molecule has 0 radical (unpaired) electrons. The van der Waals surface area contributed by atoms with Gasteiger partial charge in [-0.3, -0.25) is 0 Å². The fourth-order valence-electron chi connectivity index (χ4n) is 5.23. The number of benzene rings is 2. The number of nitrogens with zero attached hydrogens (tertiary/aromatic N) is 2. The highest BCUT2D eigenvalue weighted by Gasteiger charge is 2.56. The fourth-order valence-corrected chi connectivity index (χ4v) is 5.23. The Kier molecular flexibility index (Phi) is 3.27. The molecule has 5 rings (SSSR count). The Bertz CT molecular complexity index is 1130. The number of hydrogen-bond donors (Lipinski definition) is 0. The molecule has 0 aliphatic heterocycles. The van der Waals surface area contributed by atoms with Gasteiger partial charge in [-0.25, -0.2) is 0 Å². The second kappa shape index (κ2) is 5.57. The van der Waals surface area contributed by atoms with Crippen LogP contribution >= 0.6 is 0 Å². The van der Waals surface area contributed by atoms with Gasteiger partial charge in [0, 0.05) is 5.92 Å². The van der Waals surface area contributed by atoms with Crippen LogP contribution in [0.15, 0.2) is 83.5 Å². The average molecular weight is 346 g/mol. The van der Waals surface area contributed by atoms with Gasteiger partial charge in [0.05, 0.1) is 11.6 Å². The van der Waals surface area contributed by atoms with Crippen LogP contribution in [0.2, 0.25) is 0 Å². The molecule has 3 aliphatic carbocycles. The van der Waals surface area contributed by atoms with Gasteiger partial charge in [0.1, 0.15) is 11.5 Å². The van der Waals surface area contributed by atoms with Gasteiger partial charge in [0.25, 0.3) is 0 Å². The van der Waals surface area contributed by atoms with E-state index in [1.54, 1.807) is 0 Å². The molecule has 3 atom stereocenters. The van der Waals surface area contributed by atoms with Crippen LogP contribution in [0.25, 0.3) is 5.57 Å². The first-order valence-corrected chi connectivity index (χ1v) is 9.35. The molecule has 2 heteroatoms. The van der Waals surface area contributed by atoms with E-state index in [0.29, 0.717) is 5.57 Å². The topological polar surface area (TPSA) is 47.6 Å². The fraction of sp³-hybridized carbons (Fsp3) is 0.200. The molecule has 0 N–H and O–H groups in total. The van der Waals surface area contributed by atoms with Gasteiger partial charge in [0.15, 0.2) is 0 Å². The van der Waals surface area contributed by atoms with E-state index in [1.807, 2.05) is 42.5 Å². The third kappa shape index (κ3) is 1.88. The molecule has 0 saturated carbocycles. The molecule has 0 spiro atoms. The Morgan fingerprint density at radius 2 is 1.74 bits per heavy atom. The van der Waals surface area contributed by atoms with Crippen molar-refractivity contribution < 1.29 is 0 Å². The van der Waals surface area contributed by atoms with Gasteiger partial charge in [-0.15, -0.1) is 0 Å². The predicted octanol–water partition coefficient (Wildman–Crippen LogP) is 5.43. The molecule has 128 valence electrons. The van der Waals surface area contributed by atoms with Crippen molar-refractivity contribution in [2.75, 3.05) is 0 Å². The lowest BCUT2D eigenvalue weighted by Crippen LogP contribution is -2.35. The lowest BCUT2D eigenvalue weighted by Gasteiger charge is -2.39. The molecule has 0 amide bonds. The highest BCUT2D eigenvalue weighted by molar-refractivity contribution is 5.93. The maximum Gasteiger partial charge on any atom is 0.115 e. The number of nitriles is 2. The van der Waals surface area contributed by atoms with E-state index >= 15 is 0 Å². The van der Waals surface area contributed by atoms with Crippen LogP contribution in [0, 0.1) is 28.6 Å². The molecule has 2 nitrogen and oxygen atoms in total. The number of hydrogen-bond acceptors (Lipinski definition) is 2. The number of allylic oxidation sites excluding steroid dienone is 6. The maximum absolute atomic E-state index is 10.6. The molecule has 0 saturated heterocycles. The quantitative estimate of drug-likeness (QED) is 0.691. The Morgan fingerprint density at radius 3 is 2.48 bits per heavy atom. The second-order valence-electron chi connectivity index (χ2n) is 7.58. The molecule has 2 aromatic rings. The lowest BCUT2D eigenvalue weighted by atomic mass is 9.60. The highest BCUT2D eigenvalue weighted by Crippen LogP contribution is 2.62. The molecule has 0 fully saturated rings. The van der Waals surface area contributed by atoms with Crippen molar-refractivity contribution in [3.05, 3.63) is 100 Å². The molecular formula is C25H18N2. The molecule has 3 aliphatic rings. The normalized spacial score (nSPS) is 27.7. The van der Waals surface area contributed by atoms with Crippen molar-refractivity contribution in [2.45, 2.75) is 24.7 Å². The Balaban J connectivity index is 1.91. The molecule has 0 unspecified atom stereocenters. The molecule has 2 aromatic carbocycles. The molecule has 0 bridgehead atoms. The first-order valence-electron chi connectivity index (χ1n) is 9.35. The van der Waals surface area contributed by atoms with Crippen molar-refractivity contribution in [3.63, 3.8) is 0 Å². The Labute approximate surface area is 159 Å². The van der Waals surface area contributed by atoms with Crippen molar-refractivity contribution in [3.8, 4) is 12.1 Å².